The molecule has 2 amide bonds. The Morgan fingerprint density at radius 1 is 1.50 bits per heavy atom. The van der Waals surface area contributed by atoms with Crippen LogP contribution in [0.4, 0.5) is 4.79 Å². The van der Waals surface area contributed by atoms with E-state index in [0.29, 0.717) is 25.4 Å². The largest absolute Gasteiger partial charge is 0.336 e. The first-order chi connectivity index (χ1) is 10.3. The lowest BCUT2D eigenvalue weighted by atomic mass is 9.94. The Bertz CT molecular complexity index is 577. The predicted octanol–water partition coefficient (Wildman–Crippen LogP) is 1.12. The van der Waals surface area contributed by atoms with E-state index in [1.807, 2.05) is 13.0 Å². The van der Waals surface area contributed by atoms with Crippen LogP contribution in [0.2, 0.25) is 0 Å². The molecule has 2 rings (SSSR count). The van der Waals surface area contributed by atoms with Crippen LogP contribution >= 0.6 is 0 Å². The number of hydrogen-bond acceptors (Lipinski definition) is 4. The lowest BCUT2D eigenvalue weighted by Crippen LogP contribution is -2.47. The molecule has 1 aromatic heterocycles. The number of carbonyl (C=O) groups is 1. The van der Waals surface area contributed by atoms with Gasteiger partial charge in [0.1, 0.15) is 9.84 Å². The Hall–Kier alpha value is -1.57. The number of urea groups is 1. The third kappa shape index (κ3) is 5.01. The molecule has 1 aliphatic heterocycles. The molecule has 0 aliphatic carbocycles. The average molecular weight is 328 g/mol. The summed E-state index contributed by atoms with van der Waals surface area (Å²) in [6, 6.07) is 1.73. The van der Waals surface area contributed by atoms with Gasteiger partial charge in [0.15, 0.2) is 0 Å². The summed E-state index contributed by atoms with van der Waals surface area (Å²) in [6.07, 6.45) is 5.22. The maximum atomic E-state index is 12.2. The second-order valence-electron chi connectivity index (χ2n) is 6.04. The summed E-state index contributed by atoms with van der Waals surface area (Å²) in [6.45, 7) is 3.24. The molecule has 1 saturated heterocycles. The molecule has 1 aliphatic rings. The second kappa shape index (κ2) is 7.13. The van der Waals surface area contributed by atoms with Crippen molar-refractivity contribution in [2.45, 2.75) is 38.1 Å². The van der Waals surface area contributed by atoms with Crippen molar-refractivity contribution in [3.05, 3.63) is 18.0 Å². The Morgan fingerprint density at radius 3 is 2.73 bits per heavy atom. The number of nitrogens with zero attached hydrogens (tertiary/aromatic N) is 2. The number of aromatic amines is 1. The van der Waals surface area contributed by atoms with Gasteiger partial charge in [0.25, 0.3) is 0 Å². The number of piperidine rings is 1. The normalized spacial score (nSPS) is 18.2. The van der Waals surface area contributed by atoms with Crippen LogP contribution in [-0.4, -0.2) is 60.7 Å². The summed E-state index contributed by atoms with van der Waals surface area (Å²) >= 11 is 0. The first-order valence-electron chi connectivity index (χ1n) is 7.57. The van der Waals surface area contributed by atoms with Gasteiger partial charge in [-0.05, 0) is 32.3 Å². The molecule has 1 aromatic rings. The Kier molecular flexibility index (Phi) is 5.44. The maximum Gasteiger partial charge on any atom is 0.317 e. The monoisotopic (exact) mass is 328 g/mol. The van der Waals surface area contributed by atoms with Gasteiger partial charge in [-0.2, -0.15) is 5.10 Å². The third-order valence-electron chi connectivity index (χ3n) is 4.04. The average Bonchev–Trinajstić information content (AvgIpc) is 2.99. The van der Waals surface area contributed by atoms with E-state index in [4.69, 9.17) is 0 Å². The van der Waals surface area contributed by atoms with Gasteiger partial charge >= 0.3 is 6.03 Å². The van der Waals surface area contributed by atoms with E-state index in [0.717, 1.165) is 18.5 Å². The van der Waals surface area contributed by atoms with Crippen molar-refractivity contribution in [2.75, 3.05) is 25.1 Å². The van der Waals surface area contributed by atoms with Crippen LogP contribution in [0.15, 0.2) is 12.3 Å². The molecular formula is C14H24N4O3S. The molecule has 0 radical (unpaired) electrons. The van der Waals surface area contributed by atoms with Crippen LogP contribution in [-0.2, 0) is 9.84 Å². The van der Waals surface area contributed by atoms with Crippen LogP contribution in [0.5, 0.6) is 0 Å². The van der Waals surface area contributed by atoms with E-state index in [2.05, 4.69) is 15.5 Å². The summed E-state index contributed by atoms with van der Waals surface area (Å²) < 4.78 is 22.3. The molecule has 0 saturated carbocycles. The van der Waals surface area contributed by atoms with E-state index >= 15 is 0 Å². The summed E-state index contributed by atoms with van der Waals surface area (Å²) in [7, 11) is -2.99. The fourth-order valence-corrected chi connectivity index (χ4v) is 3.43. The highest BCUT2D eigenvalue weighted by molar-refractivity contribution is 7.90. The summed E-state index contributed by atoms with van der Waals surface area (Å²) in [5.74, 6) is 0.519. The quantitative estimate of drug-likeness (QED) is 0.847. The Morgan fingerprint density at radius 2 is 2.18 bits per heavy atom. The molecular weight excluding hydrogens is 304 g/mol. The molecule has 22 heavy (non-hydrogen) atoms. The zero-order valence-electron chi connectivity index (χ0n) is 13.1. The molecule has 0 aromatic carbocycles. The number of H-pyrrole nitrogens is 1. The van der Waals surface area contributed by atoms with Crippen LogP contribution in [0.3, 0.4) is 0 Å². The highest BCUT2D eigenvalue weighted by atomic mass is 32.2. The number of amides is 2. The van der Waals surface area contributed by atoms with Crippen LogP contribution in [0.1, 0.15) is 37.8 Å². The van der Waals surface area contributed by atoms with Gasteiger partial charge in [-0.15, -0.1) is 0 Å². The molecule has 1 atom stereocenters. The van der Waals surface area contributed by atoms with Gasteiger partial charge in [0, 0.05) is 43.2 Å². The molecule has 0 spiro atoms. The van der Waals surface area contributed by atoms with Gasteiger partial charge in [0.2, 0.25) is 0 Å². The van der Waals surface area contributed by atoms with E-state index in [1.165, 1.54) is 6.26 Å². The van der Waals surface area contributed by atoms with Crippen molar-refractivity contribution >= 4 is 15.9 Å². The minimum Gasteiger partial charge on any atom is -0.336 e. The number of hydrogen-bond donors (Lipinski definition) is 2. The number of carbonyl (C=O) groups excluding carboxylic acids is 1. The van der Waals surface area contributed by atoms with E-state index in [-0.39, 0.29) is 17.8 Å². The van der Waals surface area contributed by atoms with E-state index < -0.39 is 9.84 Å². The van der Waals surface area contributed by atoms with Crippen molar-refractivity contribution in [2.24, 2.45) is 0 Å². The van der Waals surface area contributed by atoms with Crippen LogP contribution in [0.25, 0.3) is 0 Å². The van der Waals surface area contributed by atoms with Crippen molar-refractivity contribution in [3.8, 4) is 0 Å². The molecule has 2 heterocycles. The lowest BCUT2D eigenvalue weighted by Gasteiger charge is -2.32. The minimum absolute atomic E-state index is 0.0936. The topological polar surface area (TPSA) is 95.2 Å². The van der Waals surface area contributed by atoms with Gasteiger partial charge in [-0.1, -0.05) is 0 Å². The smallest absolute Gasteiger partial charge is 0.317 e. The number of aromatic nitrogens is 2. The van der Waals surface area contributed by atoms with Crippen LogP contribution < -0.4 is 5.32 Å². The number of likely N-dealkylation sites (tertiary alicyclic amines) is 1. The summed E-state index contributed by atoms with van der Waals surface area (Å²) in [5, 5.41) is 9.83. The number of sulfone groups is 1. The fourth-order valence-electron chi connectivity index (χ4n) is 2.65. The molecule has 1 fully saturated rings. The van der Waals surface area contributed by atoms with E-state index in [1.54, 1.807) is 11.1 Å². The maximum absolute atomic E-state index is 12.2. The fraction of sp³-hybridized carbons (Fsp3) is 0.714. The van der Waals surface area contributed by atoms with Gasteiger partial charge in [-0.25, -0.2) is 13.2 Å². The van der Waals surface area contributed by atoms with E-state index in [9.17, 15) is 13.2 Å². The number of rotatable bonds is 5. The molecule has 0 bridgehead atoms. The molecule has 1 unspecified atom stereocenters. The zero-order valence-corrected chi connectivity index (χ0v) is 13.9. The standard InChI is InChI=1S/C14H24N4O3S/c1-11(6-10-22(2,20)21)16-14(19)18-8-4-12(5-9-18)13-3-7-15-17-13/h3,7,11-12H,4-6,8-10H2,1-2H3,(H,15,17)(H,16,19). The first-order valence-corrected chi connectivity index (χ1v) is 9.63. The highest BCUT2D eigenvalue weighted by Crippen LogP contribution is 2.26. The SMILES string of the molecule is CC(CCS(C)(=O)=O)NC(=O)N1CCC(c2ccn[nH]2)CC1. The third-order valence-corrected chi connectivity index (χ3v) is 5.01. The Labute approximate surface area is 131 Å². The summed E-state index contributed by atoms with van der Waals surface area (Å²) in [4.78, 5) is 14.0. The first kappa shape index (κ1) is 16.8. The summed E-state index contributed by atoms with van der Waals surface area (Å²) in [5.41, 5.74) is 1.13. The number of nitrogens with one attached hydrogen (secondary N) is 2. The predicted molar refractivity (Wildman–Crippen MR) is 84.5 cm³/mol. The van der Waals surface area contributed by atoms with Gasteiger partial charge in [-0.3, -0.25) is 5.10 Å². The molecule has 8 heteroatoms. The van der Waals surface area contributed by atoms with Gasteiger partial charge in [0.05, 0.1) is 5.75 Å². The van der Waals surface area contributed by atoms with Crippen molar-refractivity contribution in [3.63, 3.8) is 0 Å². The lowest BCUT2D eigenvalue weighted by molar-refractivity contribution is 0.177. The molecule has 124 valence electrons. The van der Waals surface area contributed by atoms with Crippen molar-refractivity contribution in [1.29, 1.82) is 0 Å². The molecule has 2 N–H and O–H groups in total. The highest BCUT2D eigenvalue weighted by Gasteiger charge is 2.25. The van der Waals surface area contributed by atoms with Crippen LogP contribution in [0, 0.1) is 0 Å². The zero-order chi connectivity index (χ0) is 16.2. The minimum atomic E-state index is -2.99. The van der Waals surface area contributed by atoms with Crippen molar-refractivity contribution < 1.29 is 13.2 Å². The molecule has 7 nitrogen and oxygen atoms in total. The van der Waals surface area contributed by atoms with Crippen molar-refractivity contribution in [1.82, 2.24) is 20.4 Å². The Balaban J connectivity index is 1.75. The second-order valence-corrected chi connectivity index (χ2v) is 8.30. The van der Waals surface area contributed by atoms with Gasteiger partial charge < -0.3 is 10.2 Å².